The molecule has 0 radical (unpaired) electrons. The summed E-state index contributed by atoms with van der Waals surface area (Å²) in [7, 11) is 0. The van der Waals surface area contributed by atoms with Crippen molar-refractivity contribution in [3.8, 4) is 0 Å². The molecule has 1 saturated carbocycles. The van der Waals surface area contributed by atoms with Crippen molar-refractivity contribution < 1.29 is 9.59 Å². The predicted octanol–water partition coefficient (Wildman–Crippen LogP) is 2.65. The zero-order chi connectivity index (χ0) is 15.9. The lowest BCUT2D eigenvalue weighted by Gasteiger charge is -2.17. The van der Waals surface area contributed by atoms with Gasteiger partial charge in [-0.25, -0.2) is 0 Å². The van der Waals surface area contributed by atoms with Crippen LogP contribution in [-0.2, 0) is 9.59 Å². The van der Waals surface area contributed by atoms with Gasteiger partial charge in [-0.05, 0) is 37.8 Å². The zero-order valence-electron chi connectivity index (χ0n) is 13.3. The average Bonchev–Trinajstić information content (AvgIpc) is 3.00. The van der Waals surface area contributed by atoms with Crippen molar-refractivity contribution in [1.82, 2.24) is 10.6 Å². The smallest absolute Gasteiger partial charge is 0.244 e. The summed E-state index contributed by atoms with van der Waals surface area (Å²) in [5.74, 6) is -0.346. The molecule has 2 N–H and O–H groups in total. The normalized spacial score (nSPS) is 17.1. The minimum atomic E-state index is -0.520. The molecule has 2 rings (SSSR count). The van der Waals surface area contributed by atoms with Crippen LogP contribution in [0.5, 0.6) is 0 Å². The second-order valence-corrected chi connectivity index (χ2v) is 5.91. The standard InChI is InChI=1S/C18H24N2O2/c1-13(15-8-4-3-5-9-15)12-17(21)19-14(2)18(22)20-16-10-6-7-11-16/h3-5,8-9,12,14,16H,6-7,10-11H2,1-2H3,(H,19,21)(H,20,22)/b13-12+/t14-/m1/s1. The van der Waals surface area contributed by atoms with Crippen LogP contribution in [0.15, 0.2) is 36.4 Å². The predicted molar refractivity (Wildman–Crippen MR) is 88.1 cm³/mol. The van der Waals surface area contributed by atoms with E-state index in [2.05, 4.69) is 10.6 Å². The summed E-state index contributed by atoms with van der Waals surface area (Å²) in [6.45, 7) is 3.60. The fraction of sp³-hybridized carbons (Fsp3) is 0.444. The van der Waals surface area contributed by atoms with Crippen molar-refractivity contribution in [2.24, 2.45) is 0 Å². The molecule has 0 unspecified atom stereocenters. The van der Waals surface area contributed by atoms with Gasteiger partial charge in [0.15, 0.2) is 0 Å². The van der Waals surface area contributed by atoms with Gasteiger partial charge in [-0.1, -0.05) is 43.2 Å². The number of allylic oxidation sites excluding steroid dienone is 1. The summed E-state index contributed by atoms with van der Waals surface area (Å²) in [6, 6.07) is 9.46. The lowest BCUT2D eigenvalue weighted by atomic mass is 10.1. The molecule has 1 aromatic carbocycles. The van der Waals surface area contributed by atoms with Gasteiger partial charge < -0.3 is 10.6 Å². The fourth-order valence-corrected chi connectivity index (χ4v) is 2.70. The SMILES string of the molecule is C/C(=C\C(=O)N[C@H](C)C(=O)NC1CCCC1)c1ccccc1. The third-order valence-electron chi connectivity index (χ3n) is 4.03. The number of benzene rings is 1. The van der Waals surface area contributed by atoms with E-state index in [0.29, 0.717) is 0 Å². The van der Waals surface area contributed by atoms with E-state index in [4.69, 9.17) is 0 Å². The Morgan fingerprint density at radius 1 is 1.18 bits per heavy atom. The Morgan fingerprint density at radius 2 is 1.82 bits per heavy atom. The molecule has 1 fully saturated rings. The Labute approximate surface area is 132 Å². The van der Waals surface area contributed by atoms with Crippen LogP contribution in [0, 0.1) is 0 Å². The van der Waals surface area contributed by atoms with Gasteiger partial charge in [0.2, 0.25) is 11.8 Å². The van der Waals surface area contributed by atoms with Gasteiger partial charge in [0.25, 0.3) is 0 Å². The summed E-state index contributed by atoms with van der Waals surface area (Å²) in [5.41, 5.74) is 1.88. The van der Waals surface area contributed by atoms with E-state index in [9.17, 15) is 9.59 Å². The Bertz CT molecular complexity index is 545. The molecule has 0 aromatic heterocycles. The summed E-state index contributed by atoms with van der Waals surface area (Å²) < 4.78 is 0. The Morgan fingerprint density at radius 3 is 2.45 bits per heavy atom. The summed E-state index contributed by atoms with van der Waals surface area (Å²) in [4.78, 5) is 24.1. The van der Waals surface area contributed by atoms with Crippen LogP contribution >= 0.6 is 0 Å². The highest BCUT2D eigenvalue weighted by Gasteiger charge is 2.21. The van der Waals surface area contributed by atoms with Gasteiger partial charge in [0.05, 0.1) is 0 Å². The number of rotatable bonds is 5. The van der Waals surface area contributed by atoms with Crippen LogP contribution in [0.25, 0.3) is 5.57 Å². The molecule has 0 spiro atoms. The molecule has 0 bridgehead atoms. The maximum atomic E-state index is 12.0. The Hall–Kier alpha value is -2.10. The topological polar surface area (TPSA) is 58.2 Å². The van der Waals surface area contributed by atoms with Crippen LogP contribution in [0.3, 0.4) is 0 Å². The molecular formula is C18H24N2O2. The highest BCUT2D eigenvalue weighted by Crippen LogP contribution is 2.17. The second kappa shape index (κ2) is 7.78. The largest absolute Gasteiger partial charge is 0.352 e. The summed E-state index contributed by atoms with van der Waals surface area (Å²) >= 11 is 0. The maximum Gasteiger partial charge on any atom is 0.244 e. The minimum Gasteiger partial charge on any atom is -0.352 e. The van der Waals surface area contributed by atoms with E-state index in [1.54, 1.807) is 6.92 Å². The van der Waals surface area contributed by atoms with Crippen LogP contribution in [0.2, 0.25) is 0 Å². The maximum absolute atomic E-state index is 12.0. The summed E-state index contributed by atoms with van der Waals surface area (Å²) in [5, 5.41) is 5.72. The van der Waals surface area contributed by atoms with Crippen molar-refractivity contribution in [3.63, 3.8) is 0 Å². The number of carbonyl (C=O) groups is 2. The molecule has 2 amide bonds. The Kier molecular flexibility index (Phi) is 5.75. The van der Waals surface area contributed by atoms with Crippen LogP contribution in [0.1, 0.15) is 45.1 Å². The fourth-order valence-electron chi connectivity index (χ4n) is 2.70. The first kappa shape index (κ1) is 16.3. The molecule has 22 heavy (non-hydrogen) atoms. The van der Waals surface area contributed by atoms with E-state index in [0.717, 1.165) is 24.0 Å². The highest BCUT2D eigenvalue weighted by atomic mass is 16.2. The van der Waals surface area contributed by atoms with E-state index >= 15 is 0 Å². The van der Waals surface area contributed by atoms with Crippen molar-refractivity contribution in [1.29, 1.82) is 0 Å². The molecule has 1 atom stereocenters. The Balaban J connectivity index is 1.86. The molecule has 0 heterocycles. The van der Waals surface area contributed by atoms with Crippen LogP contribution < -0.4 is 10.6 Å². The highest BCUT2D eigenvalue weighted by molar-refractivity contribution is 5.97. The van der Waals surface area contributed by atoms with Gasteiger partial charge in [-0.3, -0.25) is 9.59 Å². The van der Waals surface area contributed by atoms with Gasteiger partial charge in [0.1, 0.15) is 6.04 Å². The zero-order valence-corrected chi connectivity index (χ0v) is 13.3. The van der Waals surface area contributed by atoms with Crippen molar-refractivity contribution in [3.05, 3.63) is 42.0 Å². The molecule has 118 valence electrons. The van der Waals surface area contributed by atoms with E-state index in [1.807, 2.05) is 37.3 Å². The minimum absolute atomic E-state index is 0.106. The van der Waals surface area contributed by atoms with Crippen LogP contribution in [-0.4, -0.2) is 23.9 Å². The third kappa shape index (κ3) is 4.72. The lowest BCUT2D eigenvalue weighted by molar-refractivity contribution is -0.127. The monoisotopic (exact) mass is 300 g/mol. The average molecular weight is 300 g/mol. The first-order valence-electron chi connectivity index (χ1n) is 7.91. The number of hydrogen-bond acceptors (Lipinski definition) is 2. The molecule has 4 nitrogen and oxygen atoms in total. The van der Waals surface area contributed by atoms with Gasteiger partial charge in [0, 0.05) is 12.1 Å². The number of amides is 2. The molecule has 1 aliphatic rings. The second-order valence-electron chi connectivity index (χ2n) is 5.91. The third-order valence-corrected chi connectivity index (χ3v) is 4.03. The van der Waals surface area contributed by atoms with E-state index in [1.165, 1.54) is 18.9 Å². The first-order valence-corrected chi connectivity index (χ1v) is 7.91. The molecule has 1 aliphatic carbocycles. The molecular weight excluding hydrogens is 276 g/mol. The molecule has 4 heteroatoms. The van der Waals surface area contributed by atoms with Crippen molar-refractivity contribution >= 4 is 17.4 Å². The number of hydrogen-bond donors (Lipinski definition) is 2. The van der Waals surface area contributed by atoms with E-state index in [-0.39, 0.29) is 17.9 Å². The number of nitrogens with one attached hydrogen (secondary N) is 2. The molecule has 0 aliphatic heterocycles. The molecule has 0 saturated heterocycles. The quantitative estimate of drug-likeness (QED) is 0.821. The first-order chi connectivity index (χ1) is 10.6. The number of carbonyl (C=O) groups excluding carboxylic acids is 2. The summed E-state index contributed by atoms with van der Waals surface area (Å²) in [6.07, 6.45) is 5.96. The van der Waals surface area contributed by atoms with Crippen molar-refractivity contribution in [2.75, 3.05) is 0 Å². The van der Waals surface area contributed by atoms with Gasteiger partial charge in [-0.2, -0.15) is 0 Å². The van der Waals surface area contributed by atoms with E-state index < -0.39 is 6.04 Å². The van der Waals surface area contributed by atoms with Crippen molar-refractivity contribution in [2.45, 2.75) is 51.6 Å². The van der Waals surface area contributed by atoms with Crippen LogP contribution in [0.4, 0.5) is 0 Å². The van der Waals surface area contributed by atoms with Gasteiger partial charge in [-0.15, -0.1) is 0 Å². The lowest BCUT2D eigenvalue weighted by Crippen LogP contribution is -2.47. The van der Waals surface area contributed by atoms with Gasteiger partial charge >= 0.3 is 0 Å². The molecule has 1 aromatic rings.